The van der Waals surface area contributed by atoms with E-state index in [1.807, 2.05) is 18.5 Å². The molecule has 0 atom stereocenters. The van der Waals surface area contributed by atoms with Gasteiger partial charge in [0.2, 0.25) is 0 Å². The SMILES string of the molecule is C1=CC[N-]C(c2ccc3c(ccc4c5ccc(-c6cccc(-c7cccnc7)c6)cc5n(-c5ccccc5)c34)c2)=C1. The number of pyridine rings is 1. The second kappa shape index (κ2) is 9.65. The lowest BCUT2D eigenvalue weighted by Gasteiger charge is -2.26. The van der Waals surface area contributed by atoms with Crippen molar-refractivity contribution in [3.63, 3.8) is 0 Å². The van der Waals surface area contributed by atoms with Crippen molar-refractivity contribution in [1.82, 2.24) is 9.55 Å². The average molecular weight is 525 g/mol. The van der Waals surface area contributed by atoms with Gasteiger partial charge >= 0.3 is 0 Å². The summed E-state index contributed by atoms with van der Waals surface area (Å²) in [5.74, 6) is 0. The number of allylic oxidation sites excluding steroid dienone is 2. The van der Waals surface area contributed by atoms with Crippen molar-refractivity contribution in [2.24, 2.45) is 0 Å². The highest BCUT2D eigenvalue weighted by atomic mass is 15.0. The van der Waals surface area contributed by atoms with Gasteiger partial charge in [-0.3, -0.25) is 4.98 Å². The highest BCUT2D eigenvalue weighted by Crippen LogP contribution is 2.39. The Morgan fingerprint density at radius 1 is 0.610 bits per heavy atom. The zero-order valence-electron chi connectivity index (χ0n) is 22.4. The van der Waals surface area contributed by atoms with Gasteiger partial charge in [0.05, 0.1) is 11.0 Å². The highest BCUT2D eigenvalue weighted by molar-refractivity contribution is 6.19. The minimum absolute atomic E-state index is 0.735. The second-order valence-corrected chi connectivity index (χ2v) is 10.4. The van der Waals surface area contributed by atoms with Gasteiger partial charge in [-0.2, -0.15) is 0 Å². The van der Waals surface area contributed by atoms with Crippen molar-refractivity contribution in [2.75, 3.05) is 6.54 Å². The summed E-state index contributed by atoms with van der Waals surface area (Å²) in [5.41, 5.74) is 10.4. The molecule has 41 heavy (non-hydrogen) atoms. The summed E-state index contributed by atoms with van der Waals surface area (Å²) in [6.45, 7) is 0.735. The fourth-order valence-electron chi connectivity index (χ4n) is 6.04. The van der Waals surface area contributed by atoms with Gasteiger partial charge in [0.25, 0.3) is 0 Å². The minimum atomic E-state index is 0.735. The number of hydrogen-bond donors (Lipinski definition) is 0. The minimum Gasteiger partial charge on any atom is -0.681 e. The largest absolute Gasteiger partial charge is 0.681 e. The van der Waals surface area contributed by atoms with Crippen LogP contribution in [0.4, 0.5) is 0 Å². The van der Waals surface area contributed by atoms with E-state index in [9.17, 15) is 0 Å². The van der Waals surface area contributed by atoms with Crippen molar-refractivity contribution in [1.29, 1.82) is 0 Å². The number of benzene rings is 5. The Labute approximate surface area is 238 Å². The lowest BCUT2D eigenvalue weighted by atomic mass is 9.98. The summed E-state index contributed by atoms with van der Waals surface area (Å²) < 4.78 is 2.42. The summed E-state index contributed by atoms with van der Waals surface area (Å²) in [7, 11) is 0. The summed E-state index contributed by atoms with van der Waals surface area (Å²) in [4.78, 5) is 4.32. The molecule has 3 heteroatoms. The Morgan fingerprint density at radius 3 is 2.22 bits per heavy atom. The van der Waals surface area contributed by atoms with E-state index in [-0.39, 0.29) is 0 Å². The van der Waals surface area contributed by atoms with Crippen LogP contribution in [-0.2, 0) is 0 Å². The van der Waals surface area contributed by atoms with Gasteiger partial charge in [-0.25, -0.2) is 0 Å². The molecule has 3 nitrogen and oxygen atoms in total. The van der Waals surface area contributed by atoms with Crippen LogP contribution in [-0.4, -0.2) is 16.1 Å². The molecule has 0 unspecified atom stereocenters. The lowest BCUT2D eigenvalue weighted by Crippen LogP contribution is -1.95. The third-order valence-electron chi connectivity index (χ3n) is 8.00. The summed E-state index contributed by atoms with van der Waals surface area (Å²) in [5, 5.41) is 9.65. The van der Waals surface area contributed by atoms with Crippen LogP contribution >= 0.6 is 0 Å². The predicted octanol–water partition coefficient (Wildman–Crippen LogP) is 9.95. The highest BCUT2D eigenvalue weighted by Gasteiger charge is 2.16. The smallest absolute Gasteiger partial charge is 0.0619 e. The van der Waals surface area contributed by atoms with E-state index in [4.69, 9.17) is 5.32 Å². The molecule has 5 aromatic carbocycles. The first kappa shape index (κ1) is 23.5. The Bertz CT molecular complexity index is 2130. The summed E-state index contributed by atoms with van der Waals surface area (Å²) in [6.07, 6.45) is 9.99. The molecule has 8 rings (SSSR count). The van der Waals surface area contributed by atoms with Crippen LogP contribution in [0, 0.1) is 0 Å². The Kier molecular flexibility index (Phi) is 5.53. The molecule has 0 amide bonds. The molecule has 7 aromatic rings. The first-order valence-corrected chi connectivity index (χ1v) is 14.0. The van der Waals surface area contributed by atoms with Crippen molar-refractivity contribution < 1.29 is 0 Å². The van der Waals surface area contributed by atoms with Crippen LogP contribution in [0.5, 0.6) is 0 Å². The molecular formula is C38H26N3-. The quantitative estimate of drug-likeness (QED) is 0.225. The van der Waals surface area contributed by atoms with Gasteiger partial charge in [0.15, 0.2) is 0 Å². The number of fused-ring (bicyclic) bond motifs is 5. The van der Waals surface area contributed by atoms with E-state index < -0.39 is 0 Å². The number of para-hydroxylation sites is 1. The topological polar surface area (TPSA) is 31.9 Å². The number of aromatic nitrogens is 2. The van der Waals surface area contributed by atoms with Crippen molar-refractivity contribution in [3.8, 4) is 27.9 Å². The van der Waals surface area contributed by atoms with Crippen LogP contribution in [0.3, 0.4) is 0 Å². The Morgan fingerprint density at radius 2 is 1.39 bits per heavy atom. The van der Waals surface area contributed by atoms with E-state index in [1.54, 1.807) is 0 Å². The molecule has 1 aliphatic heterocycles. The van der Waals surface area contributed by atoms with Crippen LogP contribution in [0.1, 0.15) is 5.56 Å². The second-order valence-electron chi connectivity index (χ2n) is 10.4. The maximum atomic E-state index is 4.70. The molecule has 0 saturated heterocycles. The molecule has 0 fully saturated rings. The zero-order chi connectivity index (χ0) is 27.2. The molecule has 0 N–H and O–H groups in total. The van der Waals surface area contributed by atoms with Gasteiger partial charge in [0, 0.05) is 39.8 Å². The first-order chi connectivity index (χ1) is 20.3. The molecule has 0 aliphatic carbocycles. The maximum Gasteiger partial charge on any atom is 0.0619 e. The Hall–Kier alpha value is -5.41. The third-order valence-corrected chi connectivity index (χ3v) is 8.00. The lowest BCUT2D eigenvalue weighted by molar-refractivity contribution is 1.19. The summed E-state index contributed by atoms with van der Waals surface area (Å²) >= 11 is 0. The molecule has 0 spiro atoms. The fraction of sp³-hybridized carbons (Fsp3) is 0.0263. The summed E-state index contributed by atoms with van der Waals surface area (Å²) in [6, 6.07) is 41.6. The zero-order valence-corrected chi connectivity index (χ0v) is 22.4. The number of nitrogens with zero attached hydrogens (tertiary/aromatic N) is 3. The maximum absolute atomic E-state index is 4.70. The molecule has 0 radical (unpaired) electrons. The molecule has 3 heterocycles. The molecule has 0 saturated carbocycles. The number of rotatable bonds is 4. The Balaban J connectivity index is 1.36. The van der Waals surface area contributed by atoms with Crippen LogP contribution in [0.15, 0.2) is 146 Å². The molecule has 194 valence electrons. The first-order valence-electron chi connectivity index (χ1n) is 14.0. The van der Waals surface area contributed by atoms with Crippen LogP contribution in [0.25, 0.3) is 71.5 Å². The average Bonchev–Trinajstić information content (AvgIpc) is 3.40. The van der Waals surface area contributed by atoms with Crippen molar-refractivity contribution in [3.05, 3.63) is 157 Å². The van der Waals surface area contributed by atoms with E-state index in [0.29, 0.717) is 0 Å². The van der Waals surface area contributed by atoms with Gasteiger partial charge in [-0.1, -0.05) is 91.0 Å². The van der Waals surface area contributed by atoms with Crippen molar-refractivity contribution in [2.45, 2.75) is 0 Å². The normalized spacial score (nSPS) is 13.0. The molecule has 2 aromatic heterocycles. The van der Waals surface area contributed by atoms with Gasteiger partial charge < -0.3 is 9.88 Å². The fourth-order valence-corrected chi connectivity index (χ4v) is 6.04. The van der Waals surface area contributed by atoms with Crippen molar-refractivity contribution >= 4 is 38.3 Å². The molecule has 0 bridgehead atoms. The standard InChI is InChI=1S/C38H26N3/c1-2-11-32(12-3-1)41-37-24-28(26-8-6-9-27(22-26)31-10-7-20-39-25-31)14-18-34(37)35-19-15-29-23-30(16-17-33(29)38(35)41)36-13-4-5-21-40-36/h1-20,22-25H,21H2/q-1. The molecular weight excluding hydrogens is 498 g/mol. The van der Waals surface area contributed by atoms with Gasteiger partial charge in [-0.05, 0) is 64.0 Å². The molecule has 1 aliphatic rings. The number of hydrogen-bond acceptors (Lipinski definition) is 1. The predicted molar refractivity (Wildman–Crippen MR) is 172 cm³/mol. The van der Waals surface area contributed by atoms with Gasteiger partial charge in [0.1, 0.15) is 0 Å². The van der Waals surface area contributed by atoms with Crippen LogP contribution in [0.2, 0.25) is 0 Å². The van der Waals surface area contributed by atoms with Crippen LogP contribution < -0.4 is 0 Å². The van der Waals surface area contributed by atoms with E-state index in [1.165, 1.54) is 43.7 Å². The van der Waals surface area contributed by atoms with Gasteiger partial charge in [-0.15, -0.1) is 18.3 Å². The van der Waals surface area contributed by atoms with E-state index in [2.05, 4.69) is 137 Å². The monoisotopic (exact) mass is 524 g/mol. The van der Waals surface area contributed by atoms with E-state index >= 15 is 0 Å². The van der Waals surface area contributed by atoms with E-state index in [0.717, 1.165) is 34.6 Å². The third kappa shape index (κ3) is 4.02.